The highest BCUT2D eigenvalue weighted by Crippen LogP contribution is 2.61. The second-order valence-corrected chi connectivity index (χ2v) is 8.67. The Bertz CT molecular complexity index is 889. The zero-order valence-corrected chi connectivity index (χ0v) is 16.1. The minimum atomic E-state index is -1.24. The lowest BCUT2D eigenvalue weighted by Gasteiger charge is -2.50. The first-order valence-corrected chi connectivity index (χ1v) is 10.2. The fourth-order valence-corrected chi connectivity index (χ4v) is 5.32. The third-order valence-corrected chi connectivity index (χ3v) is 6.79. The summed E-state index contributed by atoms with van der Waals surface area (Å²) in [7, 11) is 0. The molecule has 1 spiro atoms. The van der Waals surface area contributed by atoms with E-state index in [9.17, 15) is 14.7 Å². The molecule has 148 valence electrons. The van der Waals surface area contributed by atoms with Crippen molar-refractivity contribution in [1.82, 2.24) is 0 Å². The fourth-order valence-electron chi connectivity index (χ4n) is 5.32. The second-order valence-electron chi connectivity index (χ2n) is 8.67. The van der Waals surface area contributed by atoms with Gasteiger partial charge < -0.3 is 14.6 Å². The average Bonchev–Trinajstić information content (AvgIpc) is 3.40. The van der Waals surface area contributed by atoms with Crippen molar-refractivity contribution in [2.24, 2.45) is 10.9 Å². The van der Waals surface area contributed by atoms with Gasteiger partial charge in [0.2, 0.25) is 0 Å². The number of Topliss-reactive ketones (excluding diaryl/α,β-unsaturated/α-hetero) is 1. The van der Waals surface area contributed by atoms with Crippen molar-refractivity contribution in [2.45, 2.75) is 69.0 Å². The molecule has 1 aromatic carbocycles. The summed E-state index contributed by atoms with van der Waals surface area (Å²) in [4.78, 5) is 29.0. The number of aliphatic imine (C=N–C) groups is 1. The van der Waals surface area contributed by atoms with Gasteiger partial charge in [0.05, 0.1) is 5.41 Å². The van der Waals surface area contributed by atoms with Crippen LogP contribution in [0.4, 0.5) is 0 Å². The van der Waals surface area contributed by atoms with Gasteiger partial charge in [-0.25, -0.2) is 0 Å². The summed E-state index contributed by atoms with van der Waals surface area (Å²) in [5.74, 6) is 0.960. The van der Waals surface area contributed by atoms with Gasteiger partial charge in [-0.3, -0.25) is 14.6 Å². The third-order valence-electron chi connectivity index (χ3n) is 6.79. The van der Waals surface area contributed by atoms with Crippen LogP contribution >= 0.6 is 0 Å². The molecule has 2 saturated carbocycles. The molecule has 6 nitrogen and oxygen atoms in total. The summed E-state index contributed by atoms with van der Waals surface area (Å²) in [5, 5.41) is 11.8. The van der Waals surface area contributed by atoms with E-state index in [0.717, 1.165) is 30.5 Å². The zero-order valence-electron chi connectivity index (χ0n) is 16.1. The smallest absolute Gasteiger partial charge is 0.308 e. The molecule has 28 heavy (non-hydrogen) atoms. The molecule has 0 radical (unpaired) electrons. The maximum atomic E-state index is 12.9. The predicted octanol–water partition coefficient (Wildman–Crippen LogP) is 2.52. The predicted molar refractivity (Wildman–Crippen MR) is 102 cm³/mol. The number of hydrogen-bond acceptors (Lipinski definition) is 6. The standard InChI is InChI=1S/C22H25NO5/c1-13(24)27-17-7-6-15-3-2-9-22-18(15)19(17)28-20(22)16(25)8-10-21(22,26)12-23-11-14-4-5-14/h6-7,12,14,20,26H,2-5,8-11H2,1H3. The fraction of sp³-hybridized carbons (Fsp3) is 0.591. The van der Waals surface area contributed by atoms with Crippen LogP contribution in [0.25, 0.3) is 0 Å². The lowest BCUT2D eigenvalue weighted by molar-refractivity contribution is -0.141. The van der Waals surface area contributed by atoms with Gasteiger partial charge in [-0.15, -0.1) is 0 Å². The van der Waals surface area contributed by atoms with Crippen LogP contribution in [0, 0.1) is 5.92 Å². The minimum Gasteiger partial charge on any atom is -0.477 e. The number of esters is 1. The SMILES string of the molecule is CC(=O)Oc1ccc2c3c1OC1C(=O)CCC(O)(C=NCC4CC4)C31CCC2. The first kappa shape index (κ1) is 17.9. The van der Waals surface area contributed by atoms with E-state index >= 15 is 0 Å². The van der Waals surface area contributed by atoms with E-state index in [-0.39, 0.29) is 12.2 Å². The Kier molecular flexibility index (Phi) is 3.92. The molecule has 4 aliphatic rings. The Labute approximate surface area is 163 Å². The third kappa shape index (κ3) is 2.47. The van der Waals surface area contributed by atoms with E-state index in [1.165, 1.54) is 19.8 Å². The number of ketones is 1. The average molecular weight is 383 g/mol. The normalized spacial score (nSPS) is 33.4. The first-order chi connectivity index (χ1) is 13.4. The van der Waals surface area contributed by atoms with Crippen LogP contribution in [0.15, 0.2) is 17.1 Å². The molecule has 1 aromatic rings. The highest BCUT2D eigenvalue weighted by Gasteiger charge is 2.67. The first-order valence-electron chi connectivity index (χ1n) is 10.2. The molecular formula is C22H25NO5. The van der Waals surface area contributed by atoms with Crippen molar-refractivity contribution in [3.8, 4) is 11.5 Å². The number of hydrogen-bond donors (Lipinski definition) is 1. The zero-order chi connectivity index (χ0) is 19.5. The van der Waals surface area contributed by atoms with Crippen molar-refractivity contribution < 1.29 is 24.2 Å². The molecule has 3 unspecified atom stereocenters. The van der Waals surface area contributed by atoms with Gasteiger partial charge in [-0.1, -0.05) is 6.07 Å². The van der Waals surface area contributed by atoms with Gasteiger partial charge in [-0.05, 0) is 56.1 Å². The number of carbonyl (C=O) groups excluding carboxylic acids is 2. The summed E-state index contributed by atoms with van der Waals surface area (Å²) in [6.07, 6.45) is 6.30. The Morgan fingerprint density at radius 1 is 1.36 bits per heavy atom. The highest BCUT2D eigenvalue weighted by atomic mass is 16.6. The van der Waals surface area contributed by atoms with Crippen molar-refractivity contribution in [3.63, 3.8) is 0 Å². The molecule has 0 saturated heterocycles. The van der Waals surface area contributed by atoms with E-state index in [2.05, 4.69) is 4.99 Å². The number of aliphatic hydroxyl groups is 1. The maximum Gasteiger partial charge on any atom is 0.308 e. The van der Waals surface area contributed by atoms with Crippen LogP contribution in [0.1, 0.15) is 56.6 Å². The van der Waals surface area contributed by atoms with E-state index in [4.69, 9.17) is 9.47 Å². The molecule has 1 N–H and O–H groups in total. The van der Waals surface area contributed by atoms with Gasteiger partial charge in [0, 0.05) is 31.7 Å². The Hall–Kier alpha value is -2.21. The van der Waals surface area contributed by atoms with Crippen LogP contribution in [-0.4, -0.2) is 41.3 Å². The molecule has 2 fully saturated rings. The number of aryl methyl sites for hydroxylation is 1. The topological polar surface area (TPSA) is 85.2 Å². The summed E-state index contributed by atoms with van der Waals surface area (Å²) in [5.41, 5.74) is -0.191. The molecular weight excluding hydrogens is 358 g/mol. The molecule has 0 aromatic heterocycles. The number of carbonyl (C=O) groups is 2. The van der Waals surface area contributed by atoms with Crippen LogP contribution < -0.4 is 9.47 Å². The molecule has 0 amide bonds. The number of rotatable bonds is 4. The molecule has 6 heteroatoms. The van der Waals surface area contributed by atoms with Crippen molar-refractivity contribution in [2.75, 3.05) is 6.54 Å². The van der Waals surface area contributed by atoms with E-state index < -0.39 is 23.1 Å². The molecule has 3 aliphatic carbocycles. The molecule has 1 heterocycles. The maximum absolute atomic E-state index is 12.9. The van der Waals surface area contributed by atoms with E-state index in [0.29, 0.717) is 30.3 Å². The lowest BCUT2D eigenvalue weighted by atomic mass is 9.54. The summed E-state index contributed by atoms with van der Waals surface area (Å²) in [6.45, 7) is 2.07. The minimum absolute atomic E-state index is 0.00177. The summed E-state index contributed by atoms with van der Waals surface area (Å²) in [6, 6.07) is 3.67. The van der Waals surface area contributed by atoms with E-state index in [1.54, 1.807) is 12.3 Å². The van der Waals surface area contributed by atoms with Gasteiger partial charge in [-0.2, -0.15) is 0 Å². The van der Waals surface area contributed by atoms with Crippen LogP contribution in [0.5, 0.6) is 11.5 Å². The largest absolute Gasteiger partial charge is 0.477 e. The summed E-state index contributed by atoms with van der Waals surface area (Å²) < 4.78 is 11.5. The van der Waals surface area contributed by atoms with E-state index in [1.807, 2.05) is 6.07 Å². The number of nitrogens with zero attached hydrogens (tertiary/aromatic N) is 1. The van der Waals surface area contributed by atoms with Gasteiger partial charge in [0.25, 0.3) is 0 Å². The molecule has 5 rings (SSSR count). The molecule has 0 bridgehead atoms. The second kappa shape index (κ2) is 6.14. The Morgan fingerprint density at radius 3 is 2.93 bits per heavy atom. The van der Waals surface area contributed by atoms with Gasteiger partial charge in [0.15, 0.2) is 23.4 Å². The van der Waals surface area contributed by atoms with Crippen LogP contribution in [0.2, 0.25) is 0 Å². The molecule has 3 atom stereocenters. The number of ether oxygens (including phenoxy) is 2. The van der Waals surface area contributed by atoms with Crippen molar-refractivity contribution in [3.05, 3.63) is 23.3 Å². The van der Waals surface area contributed by atoms with Gasteiger partial charge >= 0.3 is 5.97 Å². The Morgan fingerprint density at radius 2 is 2.18 bits per heavy atom. The molecule has 1 aliphatic heterocycles. The highest BCUT2D eigenvalue weighted by molar-refractivity contribution is 5.93. The van der Waals surface area contributed by atoms with Crippen molar-refractivity contribution in [1.29, 1.82) is 0 Å². The van der Waals surface area contributed by atoms with Crippen molar-refractivity contribution >= 4 is 18.0 Å². The Balaban J connectivity index is 1.66. The van der Waals surface area contributed by atoms with Gasteiger partial charge in [0.1, 0.15) is 5.60 Å². The quantitative estimate of drug-likeness (QED) is 0.491. The lowest BCUT2D eigenvalue weighted by Crippen LogP contribution is -2.65. The summed E-state index contributed by atoms with van der Waals surface area (Å²) >= 11 is 0. The van der Waals surface area contributed by atoms with Crippen LogP contribution in [-0.2, 0) is 21.4 Å². The number of benzene rings is 1. The monoisotopic (exact) mass is 383 g/mol. The van der Waals surface area contributed by atoms with Crippen LogP contribution in [0.3, 0.4) is 0 Å².